The third-order valence-electron chi connectivity index (χ3n) is 3.51. The predicted octanol–water partition coefficient (Wildman–Crippen LogP) is 3.49. The second-order valence-corrected chi connectivity index (χ2v) is 6.47. The Kier molecular flexibility index (Phi) is 5.40. The highest BCUT2D eigenvalue weighted by molar-refractivity contribution is 5.91. The molecule has 0 heterocycles. The number of carbonyl (C=O) groups excluding carboxylic acids is 1. The first-order valence-electron chi connectivity index (χ1n) is 7.61. The van der Waals surface area contributed by atoms with Crippen molar-refractivity contribution in [3.8, 4) is 5.75 Å². The lowest BCUT2D eigenvalue weighted by Gasteiger charge is -2.19. The van der Waals surface area contributed by atoms with Crippen molar-refractivity contribution in [1.82, 2.24) is 0 Å². The van der Waals surface area contributed by atoms with E-state index in [0.29, 0.717) is 5.75 Å². The minimum absolute atomic E-state index is 0.00860. The van der Waals surface area contributed by atoms with Gasteiger partial charge in [0.15, 0.2) is 6.61 Å². The molecular formula is C19H23NO3. The molecule has 0 saturated heterocycles. The summed E-state index contributed by atoms with van der Waals surface area (Å²) in [5.41, 5.74) is 2.87. The van der Waals surface area contributed by atoms with Gasteiger partial charge in [-0.15, -0.1) is 0 Å². The Morgan fingerprint density at radius 2 is 1.65 bits per heavy atom. The molecule has 0 aromatic heterocycles. The molecule has 0 fully saturated rings. The number of carbonyl (C=O) groups is 1. The average Bonchev–Trinajstić information content (AvgIpc) is 2.53. The minimum atomic E-state index is -0.209. The fraction of sp³-hybridized carbons (Fsp3) is 0.316. The molecule has 0 unspecified atom stereocenters. The topological polar surface area (TPSA) is 58.6 Å². The number of ether oxygens (including phenoxy) is 1. The maximum atomic E-state index is 11.9. The van der Waals surface area contributed by atoms with E-state index < -0.39 is 0 Å². The Hall–Kier alpha value is -2.33. The van der Waals surface area contributed by atoms with Crippen LogP contribution in [0.1, 0.15) is 31.9 Å². The highest BCUT2D eigenvalue weighted by atomic mass is 16.5. The van der Waals surface area contributed by atoms with Gasteiger partial charge in [-0.2, -0.15) is 0 Å². The maximum absolute atomic E-state index is 11.9. The van der Waals surface area contributed by atoms with E-state index >= 15 is 0 Å². The smallest absolute Gasteiger partial charge is 0.262 e. The van der Waals surface area contributed by atoms with Crippen LogP contribution in [0.5, 0.6) is 5.75 Å². The van der Waals surface area contributed by atoms with Gasteiger partial charge in [0.2, 0.25) is 0 Å². The predicted molar refractivity (Wildman–Crippen MR) is 91.6 cm³/mol. The zero-order valence-electron chi connectivity index (χ0n) is 13.8. The molecule has 2 aromatic carbocycles. The van der Waals surface area contributed by atoms with E-state index in [1.54, 1.807) is 24.3 Å². The summed E-state index contributed by atoms with van der Waals surface area (Å²) >= 11 is 0. The lowest BCUT2D eigenvalue weighted by molar-refractivity contribution is -0.118. The summed E-state index contributed by atoms with van der Waals surface area (Å²) < 4.78 is 5.42. The van der Waals surface area contributed by atoms with Gasteiger partial charge in [0, 0.05) is 5.69 Å². The molecule has 0 bridgehead atoms. The van der Waals surface area contributed by atoms with E-state index in [9.17, 15) is 4.79 Å². The van der Waals surface area contributed by atoms with Gasteiger partial charge in [0.1, 0.15) is 5.75 Å². The van der Waals surface area contributed by atoms with Gasteiger partial charge in [-0.3, -0.25) is 4.79 Å². The molecule has 23 heavy (non-hydrogen) atoms. The van der Waals surface area contributed by atoms with Gasteiger partial charge in [-0.1, -0.05) is 45.0 Å². The standard InChI is InChI=1S/C19H23NO3/c1-19(2,3)15-6-8-16(9-7-15)20-18(22)13-23-17-10-4-14(12-21)5-11-17/h4-11,21H,12-13H2,1-3H3,(H,20,22). The van der Waals surface area contributed by atoms with Gasteiger partial charge in [-0.05, 0) is 40.8 Å². The molecular weight excluding hydrogens is 290 g/mol. The van der Waals surface area contributed by atoms with Crippen LogP contribution >= 0.6 is 0 Å². The second kappa shape index (κ2) is 7.29. The highest BCUT2D eigenvalue weighted by Crippen LogP contribution is 2.23. The van der Waals surface area contributed by atoms with Crippen molar-refractivity contribution in [3.05, 3.63) is 59.7 Å². The molecule has 2 N–H and O–H groups in total. The second-order valence-electron chi connectivity index (χ2n) is 6.47. The third kappa shape index (κ3) is 5.11. The monoisotopic (exact) mass is 313 g/mol. The zero-order valence-corrected chi connectivity index (χ0v) is 13.8. The molecule has 4 heteroatoms. The Labute approximate surface area is 137 Å². The molecule has 4 nitrogen and oxygen atoms in total. The van der Waals surface area contributed by atoms with Gasteiger partial charge in [0.25, 0.3) is 5.91 Å². The molecule has 0 spiro atoms. The van der Waals surface area contributed by atoms with Crippen LogP contribution in [-0.4, -0.2) is 17.6 Å². The van der Waals surface area contributed by atoms with Crippen LogP contribution in [0, 0.1) is 0 Å². The van der Waals surface area contributed by atoms with Crippen LogP contribution in [0.25, 0.3) is 0 Å². The van der Waals surface area contributed by atoms with E-state index in [1.165, 1.54) is 5.56 Å². The summed E-state index contributed by atoms with van der Waals surface area (Å²) in [6, 6.07) is 14.8. The highest BCUT2D eigenvalue weighted by Gasteiger charge is 2.13. The van der Waals surface area contributed by atoms with Crippen LogP contribution in [0.2, 0.25) is 0 Å². The number of nitrogens with one attached hydrogen (secondary N) is 1. The van der Waals surface area contributed by atoms with Crippen LogP contribution < -0.4 is 10.1 Å². The molecule has 1 amide bonds. The number of aliphatic hydroxyl groups excluding tert-OH is 1. The molecule has 0 saturated carbocycles. The molecule has 0 aliphatic rings. The molecule has 0 radical (unpaired) electrons. The number of aliphatic hydroxyl groups is 1. The summed E-state index contributed by atoms with van der Waals surface area (Å²) in [4.78, 5) is 11.9. The summed E-state index contributed by atoms with van der Waals surface area (Å²) in [6.45, 7) is 6.38. The van der Waals surface area contributed by atoms with Gasteiger partial charge in [-0.25, -0.2) is 0 Å². The Balaban J connectivity index is 1.86. The van der Waals surface area contributed by atoms with Crippen molar-refractivity contribution in [2.45, 2.75) is 32.8 Å². The van der Waals surface area contributed by atoms with Crippen molar-refractivity contribution >= 4 is 11.6 Å². The van der Waals surface area contributed by atoms with Crippen LogP contribution in [-0.2, 0) is 16.8 Å². The fourth-order valence-corrected chi connectivity index (χ4v) is 2.09. The van der Waals surface area contributed by atoms with Crippen molar-refractivity contribution < 1.29 is 14.6 Å². The largest absolute Gasteiger partial charge is 0.484 e. The van der Waals surface area contributed by atoms with E-state index in [2.05, 4.69) is 26.1 Å². The maximum Gasteiger partial charge on any atom is 0.262 e. The first-order valence-corrected chi connectivity index (χ1v) is 7.61. The molecule has 122 valence electrons. The lowest BCUT2D eigenvalue weighted by atomic mass is 9.87. The first-order chi connectivity index (χ1) is 10.9. The Morgan fingerprint density at radius 3 is 2.17 bits per heavy atom. The molecule has 0 atom stereocenters. The molecule has 0 aliphatic carbocycles. The Bertz CT molecular complexity index is 640. The third-order valence-corrected chi connectivity index (χ3v) is 3.51. The van der Waals surface area contributed by atoms with Crippen LogP contribution in [0.3, 0.4) is 0 Å². The fourth-order valence-electron chi connectivity index (χ4n) is 2.09. The normalized spacial score (nSPS) is 11.1. The van der Waals surface area contributed by atoms with Crippen molar-refractivity contribution in [1.29, 1.82) is 0 Å². The quantitative estimate of drug-likeness (QED) is 0.888. The van der Waals surface area contributed by atoms with Gasteiger partial charge in [0.05, 0.1) is 6.61 Å². The van der Waals surface area contributed by atoms with E-state index in [4.69, 9.17) is 9.84 Å². The van der Waals surface area contributed by atoms with Crippen molar-refractivity contribution in [2.24, 2.45) is 0 Å². The summed E-state index contributed by atoms with van der Waals surface area (Å²) in [5.74, 6) is 0.389. The number of benzene rings is 2. The Morgan fingerprint density at radius 1 is 1.04 bits per heavy atom. The van der Waals surface area contributed by atoms with Crippen LogP contribution in [0.15, 0.2) is 48.5 Å². The number of rotatable bonds is 5. The van der Waals surface area contributed by atoms with E-state index in [-0.39, 0.29) is 24.5 Å². The molecule has 2 rings (SSSR count). The summed E-state index contributed by atoms with van der Waals surface area (Å²) in [5, 5.41) is 11.8. The van der Waals surface area contributed by atoms with Crippen molar-refractivity contribution in [2.75, 3.05) is 11.9 Å². The van der Waals surface area contributed by atoms with Gasteiger partial charge >= 0.3 is 0 Å². The number of hydrogen-bond donors (Lipinski definition) is 2. The first kappa shape index (κ1) is 17.0. The zero-order chi connectivity index (χ0) is 16.9. The number of anilines is 1. The summed E-state index contributed by atoms with van der Waals surface area (Å²) in [6.07, 6.45) is 0. The number of hydrogen-bond acceptors (Lipinski definition) is 3. The van der Waals surface area contributed by atoms with E-state index in [1.807, 2.05) is 24.3 Å². The summed E-state index contributed by atoms with van der Waals surface area (Å²) in [7, 11) is 0. The van der Waals surface area contributed by atoms with Gasteiger partial charge < -0.3 is 15.2 Å². The SMILES string of the molecule is CC(C)(C)c1ccc(NC(=O)COc2ccc(CO)cc2)cc1. The molecule has 2 aromatic rings. The van der Waals surface area contributed by atoms with Crippen molar-refractivity contribution in [3.63, 3.8) is 0 Å². The minimum Gasteiger partial charge on any atom is -0.484 e. The average molecular weight is 313 g/mol. The lowest BCUT2D eigenvalue weighted by Crippen LogP contribution is -2.20. The van der Waals surface area contributed by atoms with E-state index in [0.717, 1.165) is 11.3 Å². The number of amides is 1. The molecule has 0 aliphatic heterocycles. The van der Waals surface area contributed by atoms with Crippen LogP contribution in [0.4, 0.5) is 5.69 Å².